The molecule has 2 aliphatic rings. The monoisotopic (exact) mass is 519 g/mol. The molecular weight excluding hydrogens is 494 g/mol. The number of hydrazone groups is 1. The van der Waals surface area contributed by atoms with Crippen LogP contribution in [0.4, 0.5) is 21.0 Å². The molecule has 0 spiro atoms. The smallest absolute Gasteiger partial charge is 0.415 e. The van der Waals surface area contributed by atoms with Crippen LogP contribution in [0.2, 0.25) is 4.34 Å². The van der Waals surface area contributed by atoms with Gasteiger partial charge in [-0.25, -0.2) is 9.59 Å². The van der Waals surface area contributed by atoms with Crippen molar-refractivity contribution in [1.29, 1.82) is 0 Å². The van der Waals surface area contributed by atoms with E-state index < -0.39 is 23.9 Å². The van der Waals surface area contributed by atoms with Crippen molar-refractivity contribution >= 4 is 58.7 Å². The van der Waals surface area contributed by atoms with Crippen LogP contribution < -0.4 is 15.2 Å². The third kappa shape index (κ3) is 6.23. The first-order chi connectivity index (χ1) is 16.6. The SMILES string of the molecule is CC(C)(C)OC(=O)N1C=NN(c2ccc(N3CC(CNC(=O)c4ccc(Cl)s4)OC3=O)cc2)CC1. The van der Waals surface area contributed by atoms with Crippen LogP contribution in [0.25, 0.3) is 0 Å². The maximum atomic E-state index is 12.4. The molecule has 1 aromatic carbocycles. The number of halogens is 1. The maximum Gasteiger partial charge on any atom is 0.415 e. The summed E-state index contributed by atoms with van der Waals surface area (Å²) in [5, 5.41) is 8.87. The van der Waals surface area contributed by atoms with Crippen molar-refractivity contribution in [2.75, 3.05) is 36.1 Å². The number of amides is 3. The number of nitrogens with one attached hydrogen (secondary N) is 1. The molecule has 35 heavy (non-hydrogen) atoms. The third-order valence-electron chi connectivity index (χ3n) is 5.13. The van der Waals surface area contributed by atoms with E-state index in [0.29, 0.717) is 34.5 Å². The molecule has 4 rings (SSSR count). The summed E-state index contributed by atoms with van der Waals surface area (Å²) in [7, 11) is 0. The van der Waals surface area contributed by atoms with Gasteiger partial charge in [0.15, 0.2) is 0 Å². The van der Waals surface area contributed by atoms with E-state index in [-0.39, 0.29) is 12.5 Å². The molecule has 0 saturated carbocycles. The van der Waals surface area contributed by atoms with Crippen LogP contribution in [0.3, 0.4) is 0 Å². The van der Waals surface area contributed by atoms with Gasteiger partial charge in [0.25, 0.3) is 5.91 Å². The van der Waals surface area contributed by atoms with Crippen molar-refractivity contribution in [3.05, 3.63) is 45.6 Å². The van der Waals surface area contributed by atoms with Gasteiger partial charge >= 0.3 is 12.2 Å². The molecule has 2 aliphatic heterocycles. The van der Waals surface area contributed by atoms with Gasteiger partial charge in [0.05, 0.1) is 34.5 Å². The third-order valence-corrected chi connectivity index (χ3v) is 6.36. The number of rotatable bonds is 5. The molecule has 1 aromatic heterocycles. The number of hydrogen-bond donors (Lipinski definition) is 1. The van der Waals surface area contributed by atoms with Gasteiger partial charge in [0, 0.05) is 12.2 Å². The summed E-state index contributed by atoms with van der Waals surface area (Å²) in [5.41, 5.74) is 0.922. The van der Waals surface area contributed by atoms with Gasteiger partial charge in [-0.3, -0.25) is 19.6 Å². The number of benzene rings is 1. The van der Waals surface area contributed by atoms with Gasteiger partial charge in [-0.1, -0.05) is 11.6 Å². The number of carbonyl (C=O) groups is 3. The highest BCUT2D eigenvalue weighted by molar-refractivity contribution is 7.18. The Kier molecular flexibility index (Phi) is 7.18. The van der Waals surface area contributed by atoms with Gasteiger partial charge in [-0.2, -0.15) is 5.10 Å². The highest BCUT2D eigenvalue weighted by atomic mass is 35.5. The lowest BCUT2D eigenvalue weighted by Crippen LogP contribution is -2.43. The second kappa shape index (κ2) is 10.1. The van der Waals surface area contributed by atoms with E-state index >= 15 is 0 Å². The van der Waals surface area contributed by atoms with E-state index in [4.69, 9.17) is 21.1 Å². The van der Waals surface area contributed by atoms with Crippen LogP contribution in [0.15, 0.2) is 41.5 Å². The Balaban J connectivity index is 1.31. The molecule has 10 nitrogen and oxygen atoms in total. The molecule has 1 fully saturated rings. The maximum absolute atomic E-state index is 12.4. The van der Waals surface area contributed by atoms with Crippen LogP contribution in [0, 0.1) is 0 Å². The zero-order chi connectivity index (χ0) is 25.2. The van der Waals surface area contributed by atoms with Crippen LogP contribution in [-0.4, -0.2) is 67.2 Å². The summed E-state index contributed by atoms with van der Waals surface area (Å²) in [6.45, 7) is 6.89. The Labute approximate surface area is 212 Å². The Morgan fingerprint density at radius 1 is 1.17 bits per heavy atom. The summed E-state index contributed by atoms with van der Waals surface area (Å²) in [6, 6.07) is 10.6. The van der Waals surface area contributed by atoms with Gasteiger partial charge in [-0.15, -0.1) is 11.3 Å². The van der Waals surface area contributed by atoms with Gasteiger partial charge in [0.1, 0.15) is 18.0 Å². The minimum atomic E-state index is -0.572. The number of hydrogen-bond acceptors (Lipinski definition) is 8. The lowest BCUT2D eigenvalue weighted by Gasteiger charge is -2.30. The fourth-order valence-electron chi connectivity index (χ4n) is 3.47. The summed E-state index contributed by atoms with van der Waals surface area (Å²) < 4.78 is 11.3. The van der Waals surface area contributed by atoms with Crippen LogP contribution in [0.1, 0.15) is 30.4 Å². The lowest BCUT2D eigenvalue weighted by molar-refractivity contribution is 0.0374. The molecule has 1 atom stereocenters. The topological polar surface area (TPSA) is 104 Å². The van der Waals surface area contributed by atoms with Crippen LogP contribution in [-0.2, 0) is 9.47 Å². The standard InChI is InChI=1S/C23H26ClN5O5S/c1-23(2,3)34-21(31)27-10-11-29(26-14-27)16-6-4-15(5-7-16)28-13-17(33-22(28)32)12-25-20(30)18-8-9-19(24)35-18/h4-9,14,17H,10-13H2,1-3H3,(H,25,30). The zero-order valence-electron chi connectivity index (χ0n) is 19.6. The normalized spacial score (nSPS) is 18.0. The highest BCUT2D eigenvalue weighted by Gasteiger charge is 2.33. The van der Waals surface area contributed by atoms with Gasteiger partial charge in [0.2, 0.25) is 0 Å². The summed E-state index contributed by atoms with van der Waals surface area (Å²) in [4.78, 5) is 40.2. The van der Waals surface area contributed by atoms with E-state index in [1.54, 1.807) is 29.3 Å². The number of carbonyl (C=O) groups excluding carboxylic acids is 3. The number of nitrogens with zero attached hydrogens (tertiary/aromatic N) is 4. The van der Waals surface area contributed by atoms with E-state index in [1.165, 1.54) is 27.5 Å². The van der Waals surface area contributed by atoms with E-state index in [0.717, 1.165) is 5.69 Å². The number of thiophene rings is 1. The molecular formula is C23H26ClN5O5S. The number of ether oxygens (including phenoxy) is 2. The molecule has 1 unspecified atom stereocenters. The highest BCUT2D eigenvalue weighted by Crippen LogP contribution is 2.26. The molecule has 0 bridgehead atoms. The van der Waals surface area contributed by atoms with Crippen molar-refractivity contribution in [3.63, 3.8) is 0 Å². The first kappa shape index (κ1) is 24.8. The second-order valence-electron chi connectivity index (χ2n) is 8.97. The molecule has 1 N–H and O–H groups in total. The van der Waals surface area contributed by atoms with E-state index in [1.807, 2.05) is 32.9 Å². The Hall–Kier alpha value is -3.31. The average Bonchev–Trinajstić information content (AvgIpc) is 3.42. The molecule has 3 heterocycles. The van der Waals surface area contributed by atoms with Gasteiger partial charge < -0.3 is 14.8 Å². The number of cyclic esters (lactones) is 1. The predicted octanol–water partition coefficient (Wildman–Crippen LogP) is 4.16. The summed E-state index contributed by atoms with van der Waals surface area (Å²) in [5.74, 6) is -0.256. The van der Waals surface area contributed by atoms with Crippen LogP contribution >= 0.6 is 22.9 Å². The second-order valence-corrected chi connectivity index (χ2v) is 10.7. The van der Waals surface area contributed by atoms with E-state index in [9.17, 15) is 14.4 Å². The molecule has 186 valence electrons. The minimum absolute atomic E-state index is 0.200. The molecule has 0 aliphatic carbocycles. The Bertz CT molecular complexity index is 1130. The molecule has 0 radical (unpaired) electrons. The largest absolute Gasteiger partial charge is 0.443 e. The van der Waals surface area contributed by atoms with Gasteiger partial charge in [-0.05, 0) is 57.2 Å². The van der Waals surface area contributed by atoms with E-state index in [2.05, 4.69) is 10.4 Å². The predicted molar refractivity (Wildman–Crippen MR) is 134 cm³/mol. The Morgan fingerprint density at radius 2 is 1.89 bits per heavy atom. The van der Waals surface area contributed by atoms with Crippen molar-refractivity contribution in [2.45, 2.75) is 32.5 Å². The molecule has 3 amide bonds. The van der Waals surface area contributed by atoms with Crippen LogP contribution in [0.5, 0.6) is 0 Å². The first-order valence-electron chi connectivity index (χ1n) is 11.0. The molecule has 1 saturated heterocycles. The Morgan fingerprint density at radius 3 is 2.49 bits per heavy atom. The van der Waals surface area contributed by atoms with Crippen molar-refractivity contribution in [2.24, 2.45) is 5.10 Å². The van der Waals surface area contributed by atoms with Crippen molar-refractivity contribution in [1.82, 2.24) is 10.2 Å². The van der Waals surface area contributed by atoms with Crippen molar-refractivity contribution in [3.8, 4) is 0 Å². The zero-order valence-corrected chi connectivity index (χ0v) is 21.1. The summed E-state index contributed by atoms with van der Waals surface area (Å²) in [6.07, 6.45) is 0.0767. The summed E-state index contributed by atoms with van der Waals surface area (Å²) >= 11 is 7.06. The lowest BCUT2D eigenvalue weighted by atomic mass is 10.2. The average molecular weight is 520 g/mol. The minimum Gasteiger partial charge on any atom is -0.443 e. The first-order valence-corrected chi connectivity index (χ1v) is 12.2. The quantitative estimate of drug-likeness (QED) is 0.636. The molecule has 12 heteroatoms. The fourth-order valence-corrected chi connectivity index (χ4v) is 4.43. The molecule has 2 aromatic rings. The number of anilines is 2. The van der Waals surface area contributed by atoms with Crippen molar-refractivity contribution < 1.29 is 23.9 Å². The fraction of sp³-hybridized carbons (Fsp3) is 0.391.